The van der Waals surface area contributed by atoms with Crippen molar-refractivity contribution in [2.45, 2.75) is 27.7 Å². The maximum atomic E-state index is 2.33. The second-order valence-corrected chi connectivity index (χ2v) is 8.29. The molecule has 154 valence electrons. The molecular weight excluding hydrogens is 455 g/mol. The van der Waals surface area contributed by atoms with Crippen LogP contribution < -0.4 is 21.9 Å². The molecule has 0 saturated heterocycles. The van der Waals surface area contributed by atoms with E-state index in [1.807, 2.05) is 0 Å². The SMILES string of the molecule is Cc1ccccc1[B-](c1ccccc1C)(c1ccccc1C)c1ccccc1C.[Ag+]. The normalized spacial score (nSPS) is 11.1. The van der Waals surface area contributed by atoms with Gasteiger partial charge in [-0.15, -0.1) is 0 Å². The van der Waals surface area contributed by atoms with Gasteiger partial charge in [-0.25, -0.2) is 0 Å². The molecule has 4 aromatic carbocycles. The van der Waals surface area contributed by atoms with Crippen LogP contribution in [-0.2, 0) is 22.4 Å². The molecule has 0 saturated carbocycles. The predicted octanol–water partition coefficient (Wildman–Crippen LogP) is 4.30. The number of benzene rings is 4. The fourth-order valence-corrected chi connectivity index (χ4v) is 5.30. The van der Waals surface area contributed by atoms with Crippen LogP contribution in [0.25, 0.3) is 0 Å². The average Bonchev–Trinajstić information content (AvgIpc) is 2.73. The van der Waals surface area contributed by atoms with E-state index in [0.29, 0.717) is 0 Å². The van der Waals surface area contributed by atoms with Crippen LogP contribution in [0.1, 0.15) is 22.3 Å². The van der Waals surface area contributed by atoms with Crippen LogP contribution in [0.5, 0.6) is 0 Å². The molecule has 0 bridgehead atoms. The van der Waals surface area contributed by atoms with Crippen molar-refractivity contribution >= 4 is 28.0 Å². The Morgan fingerprint density at radius 1 is 0.367 bits per heavy atom. The number of rotatable bonds is 4. The predicted molar refractivity (Wildman–Crippen MR) is 129 cm³/mol. The quantitative estimate of drug-likeness (QED) is 0.380. The zero-order chi connectivity index (χ0) is 20.4. The second kappa shape index (κ2) is 9.23. The maximum Gasteiger partial charge on any atom is 1.00 e. The molecule has 0 nitrogen and oxygen atoms in total. The molecule has 0 radical (unpaired) electrons. The third kappa shape index (κ3) is 3.63. The van der Waals surface area contributed by atoms with Gasteiger partial charge in [-0.05, 0) is 27.7 Å². The summed E-state index contributed by atoms with van der Waals surface area (Å²) in [5.74, 6) is 0. The van der Waals surface area contributed by atoms with Crippen LogP contribution >= 0.6 is 0 Å². The van der Waals surface area contributed by atoms with Crippen LogP contribution in [0.15, 0.2) is 97.1 Å². The van der Waals surface area contributed by atoms with Gasteiger partial charge in [0.05, 0.1) is 0 Å². The van der Waals surface area contributed by atoms with E-state index in [1.54, 1.807) is 0 Å². The van der Waals surface area contributed by atoms with Gasteiger partial charge in [0.2, 0.25) is 0 Å². The van der Waals surface area contributed by atoms with E-state index in [0.717, 1.165) is 0 Å². The van der Waals surface area contributed by atoms with Gasteiger partial charge in [0.25, 0.3) is 0 Å². The molecule has 2 heteroatoms. The van der Waals surface area contributed by atoms with Crippen molar-refractivity contribution in [1.82, 2.24) is 0 Å². The number of aryl methyl sites for hydroxylation is 4. The standard InChI is InChI=1S/C28H28B.Ag/c1-21-13-5-9-17-25(21)29(26-18-10-6-14-22(26)2,27-19-11-7-15-23(27)3)28-20-12-8-16-24(28)4;/h5-20H,1-4H3;/q-1;+1. The summed E-state index contributed by atoms with van der Waals surface area (Å²) in [5, 5.41) is 0. The molecule has 0 N–H and O–H groups in total. The van der Waals surface area contributed by atoms with Gasteiger partial charge in [0.15, 0.2) is 0 Å². The van der Waals surface area contributed by atoms with Crippen molar-refractivity contribution in [3.63, 3.8) is 0 Å². The summed E-state index contributed by atoms with van der Waals surface area (Å²) in [4.78, 5) is 0. The Kier molecular flexibility index (Phi) is 6.88. The molecule has 0 heterocycles. The molecule has 0 aliphatic carbocycles. The molecule has 0 fully saturated rings. The van der Waals surface area contributed by atoms with E-state index in [9.17, 15) is 0 Å². The molecule has 4 rings (SSSR count). The molecule has 4 aromatic rings. The van der Waals surface area contributed by atoms with Gasteiger partial charge in [0, 0.05) is 0 Å². The summed E-state index contributed by atoms with van der Waals surface area (Å²) in [6, 6.07) is 35.7. The Bertz CT molecular complexity index is 975. The molecule has 0 atom stereocenters. The fraction of sp³-hybridized carbons (Fsp3) is 0.143. The Hall–Kier alpha value is -2.31. The molecule has 0 aliphatic rings. The van der Waals surface area contributed by atoms with Crippen LogP contribution in [0, 0.1) is 27.7 Å². The van der Waals surface area contributed by atoms with Crippen molar-refractivity contribution in [2.75, 3.05) is 0 Å². The van der Waals surface area contributed by atoms with Crippen LogP contribution in [0.4, 0.5) is 0 Å². The van der Waals surface area contributed by atoms with E-state index >= 15 is 0 Å². The van der Waals surface area contributed by atoms with Crippen molar-refractivity contribution in [3.05, 3.63) is 119 Å². The summed E-state index contributed by atoms with van der Waals surface area (Å²) in [7, 11) is 0. The summed E-state index contributed by atoms with van der Waals surface area (Å²) >= 11 is 0. The number of hydrogen-bond acceptors (Lipinski definition) is 0. The zero-order valence-corrected chi connectivity index (χ0v) is 19.6. The number of hydrogen-bond donors (Lipinski definition) is 0. The first-order valence-electron chi connectivity index (χ1n) is 10.5. The van der Waals surface area contributed by atoms with Gasteiger partial charge in [-0.2, -0.15) is 21.9 Å². The summed E-state index contributed by atoms with van der Waals surface area (Å²) in [5.41, 5.74) is 11.0. The topological polar surface area (TPSA) is 0 Å². The minimum absolute atomic E-state index is 0. The third-order valence-corrected chi connectivity index (χ3v) is 6.62. The van der Waals surface area contributed by atoms with Gasteiger partial charge >= 0.3 is 22.4 Å². The third-order valence-electron chi connectivity index (χ3n) is 6.62. The van der Waals surface area contributed by atoms with Gasteiger partial charge in [0.1, 0.15) is 6.15 Å². The average molecular weight is 483 g/mol. The zero-order valence-electron chi connectivity index (χ0n) is 18.1. The summed E-state index contributed by atoms with van der Waals surface area (Å²) in [6.07, 6.45) is -1.32. The van der Waals surface area contributed by atoms with Crippen molar-refractivity contribution in [2.24, 2.45) is 0 Å². The molecule has 30 heavy (non-hydrogen) atoms. The first kappa shape index (κ1) is 22.4. The van der Waals surface area contributed by atoms with Crippen molar-refractivity contribution in [3.8, 4) is 0 Å². The van der Waals surface area contributed by atoms with E-state index in [1.165, 1.54) is 44.1 Å². The largest absolute Gasteiger partial charge is 1.00 e. The van der Waals surface area contributed by atoms with Gasteiger partial charge < -0.3 is 0 Å². The smallest absolute Gasteiger partial charge is 0.192 e. The van der Waals surface area contributed by atoms with Crippen molar-refractivity contribution < 1.29 is 22.4 Å². The first-order valence-corrected chi connectivity index (χ1v) is 10.5. The van der Waals surface area contributed by atoms with Gasteiger partial charge in [-0.1, -0.05) is 119 Å². The van der Waals surface area contributed by atoms with Crippen LogP contribution in [0.2, 0.25) is 0 Å². The Balaban J connectivity index is 0.00000256. The minimum atomic E-state index is -1.32. The molecular formula is C28H28AgB. The van der Waals surface area contributed by atoms with Crippen molar-refractivity contribution in [1.29, 1.82) is 0 Å². The molecule has 0 aromatic heterocycles. The Morgan fingerprint density at radius 2 is 0.567 bits per heavy atom. The van der Waals surface area contributed by atoms with Gasteiger partial charge in [-0.3, -0.25) is 0 Å². The summed E-state index contributed by atoms with van der Waals surface area (Å²) in [6.45, 7) is 9.00. The fourth-order valence-electron chi connectivity index (χ4n) is 5.30. The second-order valence-electron chi connectivity index (χ2n) is 8.29. The van der Waals surface area contributed by atoms with E-state index < -0.39 is 6.15 Å². The minimum Gasteiger partial charge on any atom is -0.192 e. The maximum absolute atomic E-state index is 2.33. The first-order chi connectivity index (χ1) is 14.1. The van der Waals surface area contributed by atoms with E-state index in [4.69, 9.17) is 0 Å². The molecule has 0 amide bonds. The van der Waals surface area contributed by atoms with E-state index in [-0.39, 0.29) is 22.4 Å². The van der Waals surface area contributed by atoms with E-state index in [2.05, 4.69) is 125 Å². The van der Waals surface area contributed by atoms with Crippen LogP contribution in [0.3, 0.4) is 0 Å². The molecule has 0 aliphatic heterocycles. The Labute approximate surface area is 196 Å². The monoisotopic (exact) mass is 482 g/mol. The molecule has 0 unspecified atom stereocenters. The molecule has 0 spiro atoms. The van der Waals surface area contributed by atoms with Crippen LogP contribution in [-0.4, -0.2) is 6.15 Å². The Morgan fingerprint density at radius 3 is 0.767 bits per heavy atom. The summed E-state index contributed by atoms with van der Waals surface area (Å²) < 4.78 is 0.